The van der Waals surface area contributed by atoms with E-state index >= 15 is 0 Å². The number of thioether (sulfide) groups is 1. The predicted molar refractivity (Wildman–Crippen MR) is 136 cm³/mol. The topological polar surface area (TPSA) is 39.5 Å². The first-order valence-corrected chi connectivity index (χ1v) is 12.6. The summed E-state index contributed by atoms with van der Waals surface area (Å²) in [4.78, 5) is 18.6. The molecule has 2 aromatic carbocycles. The van der Waals surface area contributed by atoms with Crippen molar-refractivity contribution < 1.29 is 9.36 Å². The number of carbonyl (C=O) groups excluding carboxylic acids is 1. The molecule has 0 saturated carbocycles. The second-order valence-corrected chi connectivity index (χ2v) is 9.84. The number of hydrogen-bond acceptors (Lipinski definition) is 4. The van der Waals surface area contributed by atoms with E-state index in [-0.39, 0.29) is 5.91 Å². The Morgan fingerprint density at radius 2 is 1.85 bits per heavy atom. The van der Waals surface area contributed by atoms with Crippen molar-refractivity contribution in [3.63, 3.8) is 0 Å². The molecule has 0 bridgehead atoms. The molecule has 0 aliphatic carbocycles. The average molecular weight is 460 g/mol. The number of piperidine rings is 1. The normalized spacial score (nSPS) is 17.5. The van der Waals surface area contributed by atoms with E-state index in [0.29, 0.717) is 13.1 Å². The van der Waals surface area contributed by atoms with Crippen LogP contribution in [0, 0.1) is 0 Å². The van der Waals surface area contributed by atoms with Crippen LogP contribution in [0.5, 0.6) is 0 Å². The zero-order valence-electron chi connectivity index (χ0n) is 19.2. The number of carbonyl (C=O) groups is 1. The first-order valence-electron chi connectivity index (χ1n) is 11.8. The van der Waals surface area contributed by atoms with Gasteiger partial charge in [0.2, 0.25) is 12.1 Å². The van der Waals surface area contributed by atoms with Gasteiger partial charge in [-0.1, -0.05) is 42.4 Å². The van der Waals surface area contributed by atoms with Crippen molar-refractivity contribution in [3.8, 4) is 0 Å². The molecule has 33 heavy (non-hydrogen) atoms. The zero-order valence-corrected chi connectivity index (χ0v) is 20.0. The van der Waals surface area contributed by atoms with E-state index in [0.717, 1.165) is 36.1 Å². The fourth-order valence-corrected chi connectivity index (χ4v) is 5.80. The number of para-hydroxylation sites is 2. The quantitative estimate of drug-likeness (QED) is 0.559. The van der Waals surface area contributed by atoms with Crippen molar-refractivity contribution in [2.75, 3.05) is 38.1 Å². The number of aromatic nitrogens is 1. The molecule has 1 N–H and O–H groups in total. The highest BCUT2D eigenvalue weighted by Crippen LogP contribution is 2.45. The minimum Gasteiger partial charge on any atom is -0.349 e. The summed E-state index contributed by atoms with van der Waals surface area (Å²) in [5, 5.41) is 5.46. The summed E-state index contributed by atoms with van der Waals surface area (Å²) in [5.41, 5.74) is 3.47. The number of nitrogens with one attached hydrogen (secondary N) is 1. The number of benzene rings is 2. The summed E-state index contributed by atoms with van der Waals surface area (Å²) in [6.45, 7) is 4.30. The lowest BCUT2D eigenvalue weighted by molar-refractivity contribution is -0.658. The van der Waals surface area contributed by atoms with Gasteiger partial charge in [0.05, 0.1) is 16.1 Å². The molecule has 2 aliphatic heterocycles. The molecule has 2 aliphatic rings. The molecular weight excluding hydrogens is 428 g/mol. The number of fused-ring (bicyclic) bond motifs is 2. The predicted octanol–water partition coefficient (Wildman–Crippen LogP) is 4.27. The largest absolute Gasteiger partial charge is 0.349 e. The summed E-state index contributed by atoms with van der Waals surface area (Å²) in [6, 6.07) is 18.9. The molecule has 1 saturated heterocycles. The SMILES string of the molecule is CN1C(=Cc2cc[n+](CC(=O)NCCN3CCCCC3)c3ccccc23)Sc2ccccc21. The van der Waals surface area contributed by atoms with Gasteiger partial charge < -0.3 is 15.1 Å². The third-order valence-corrected chi connectivity index (χ3v) is 7.69. The summed E-state index contributed by atoms with van der Waals surface area (Å²) < 4.78 is 2.05. The maximum atomic E-state index is 12.7. The molecular formula is C27H31N4OS+. The molecule has 170 valence electrons. The summed E-state index contributed by atoms with van der Waals surface area (Å²) >= 11 is 1.80. The first kappa shape index (κ1) is 22.0. The van der Waals surface area contributed by atoms with Crippen LogP contribution in [-0.4, -0.2) is 44.0 Å². The van der Waals surface area contributed by atoms with Crippen LogP contribution in [0.4, 0.5) is 5.69 Å². The minimum atomic E-state index is 0.0646. The third-order valence-electron chi connectivity index (χ3n) is 6.52. The van der Waals surface area contributed by atoms with E-state index in [2.05, 4.69) is 76.8 Å². The fraction of sp³-hybridized carbons (Fsp3) is 0.333. The molecule has 0 radical (unpaired) electrons. The van der Waals surface area contributed by atoms with E-state index in [4.69, 9.17) is 0 Å². The molecule has 1 aromatic heterocycles. The van der Waals surface area contributed by atoms with Crippen molar-refractivity contribution >= 4 is 40.3 Å². The minimum absolute atomic E-state index is 0.0646. The summed E-state index contributed by atoms with van der Waals surface area (Å²) in [6.07, 6.45) is 8.17. The Bertz CT molecular complexity index is 1190. The lowest BCUT2D eigenvalue weighted by Gasteiger charge is -2.26. The van der Waals surface area contributed by atoms with Crippen molar-refractivity contribution in [2.45, 2.75) is 30.7 Å². The Morgan fingerprint density at radius 3 is 2.70 bits per heavy atom. The van der Waals surface area contributed by atoms with E-state index < -0.39 is 0 Å². The van der Waals surface area contributed by atoms with Gasteiger partial charge in [0.25, 0.3) is 5.91 Å². The van der Waals surface area contributed by atoms with Crippen LogP contribution >= 0.6 is 11.8 Å². The van der Waals surface area contributed by atoms with Gasteiger partial charge in [-0.25, -0.2) is 0 Å². The van der Waals surface area contributed by atoms with E-state index in [1.807, 2.05) is 16.8 Å². The molecule has 1 amide bonds. The van der Waals surface area contributed by atoms with Gasteiger partial charge in [0.1, 0.15) is 0 Å². The van der Waals surface area contributed by atoms with Crippen molar-refractivity contribution in [1.82, 2.24) is 10.2 Å². The first-order chi connectivity index (χ1) is 16.2. The molecule has 3 aromatic rings. The fourth-order valence-electron chi connectivity index (χ4n) is 4.70. The standard InChI is InChI=1S/C27H30N4OS/c1-29-24-11-5-6-12-25(24)33-27(29)19-21-13-17-31(23-10-4-3-9-22(21)23)20-26(32)28-14-18-30-15-7-2-8-16-30/h3-6,9-13,17,19H,2,7-8,14-16,18,20H2,1H3/p+1. The average Bonchev–Trinajstić information content (AvgIpc) is 3.16. The van der Waals surface area contributed by atoms with Gasteiger partial charge in [-0.3, -0.25) is 4.79 Å². The van der Waals surface area contributed by atoms with Crippen LogP contribution in [0.3, 0.4) is 0 Å². The molecule has 6 heteroatoms. The van der Waals surface area contributed by atoms with Crippen molar-refractivity contribution in [1.29, 1.82) is 0 Å². The Morgan fingerprint density at radius 1 is 1.06 bits per heavy atom. The highest BCUT2D eigenvalue weighted by atomic mass is 32.2. The maximum Gasteiger partial charge on any atom is 0.286 e. The van der Waals surface area contributed by atoms with Crippen LogP contribution in [0.15, 0.2) is 70.7 Å². The highest BCUT2D eigenvalue weighted by Gasteiger charge is 2.22. The van der Waals surface area contributed by atoms with Gasteiger partial charge in [-0.2, -0.15) is 4.57 Å². The third kappa shape index (κ3) is 4.92. The molecule has 3 heterocycles. The number of likely N-dealkylation sites (tertiary alicyclic amines) is 1. The van der Waals surface area contributed by atoms with Gasteiger partial charge in [0, 0.05) is 37.2 Å². The molecule has 0 spiro atoms. The van der Waals surface area contributed by atoms with E-state index in [1.54, 1.807) is 11.8 Å². The molecule has 5 rings (SSSR count). The van der Waals surface area contributed by atoms with Gasteiger partial charge in [0.15, 0.2) is 6.20 Å². The lowest BCUT2D eigenvalue weighted by atomic mass is 10.1. The van der Waals surface area contributed by atoms with Crippen molar-refractivity contribution in [3.05, 3.63) is 71.4 Å². The van der Waals surface area contributed by atoms with Gasteiger partial charge >= 0.3 is 0 Å². The Hall–Kier alpha value is -2.83. The smallest absolute Gasteiger partial charge is 0.286 e. The number of hydrogen-bond donors (Lipinski definition) is 1. The van der Waals surface area contributed by atoms with Crippen LogP contribution < -0.4 is 14.8 Å². The van der Waals surface area contributed by atoms with Crippen molar-refractivity contribution in [2.24, 2.45) is 0 Å². The number of amides is 1. The number of nitrogens with zero attached hydrogens (tertiary/aromatic N) is 3. The number of rotatable bonds is 6. The number of anilines is 1. The van der Waals surface area contributed by atoms with Crippen LogP contribution in [0.2, 0.25) is 0 Å². The molecule has 0 unspecified atom stereocenters. The molecule has 5 nitrogen and oxygen atoms in total. The Labute approximate surface area is 200 Å². The van der Waals surface area contributed by atoms with Crippen LogP contribution in [-0.2, 0) is 11.3 Å². The summed E-state index contributed by atoms with van der Waals surface area (Å²) in [5.74, 6) is 0.0646. The Kier molecular flexibility index (Phi) is 6.65. The summed E-state index contributed by atoms with van der Waals surface area (Å²) in [7, 11) is 2.12. The zero-order chi connectivity index (χ0) is 22.6. The Balaban J connectivity index is 1.31. The van der Waals surface area contributed by atoms with E-state index in [1.165, 1.54) is 34.9 Å². The second kappa shape index (κ2) is 9.98. The van der Waals surface area contributed by atoms with Gasteiger partial charge in [-0.15, -0.1) is 0 Å². The molecule has 0 atom stereocenters. The highest BCUT2D eigenvalue weighted by molar-refractivity contribution is 8.03. The van der Waals surface area contributed by atoms with Crippen LogP contribution in [0.1, 0.15) is 24.8 Å². The number of pyridine rings is 1. The van der Waals surface area contributed by atoms with Crippen LogP contribution in [0.25, 0.3) is 17.0 Å². The lowest BCUT2D eigenvalue weighted by Crippen LogP contribution is -2.45. The van der Waals surface area contributed by atoms with E-state index in [9.17, 15) is 4.79 Å². The maximum absolute atomic E-state index is 12.7. The monoisotopic (exact) mass is 459 g/mol. The second-order valence-electron chi connectivity index (χ2n) is 8.78. The van der Waals surface area contributed by atoms with Gasteiger partial charge in [-0.05, 0) is 55.8 Å². The molecule has 1 fully saturated rings.